The van der Waals surface area contributed by atoms with E-state index in [9.17, 15) is 18.4 Å². The van der Waals surface area contributed by atoms with Gasteiger partial charge in [0.15, 0.2) is 5.82 Å². The molecule has 5 rings (SSSR count). The molecule has 0 unspecified atom stereocenters. The number of nitrogens with zero attached hydrogens (tertiary/aromatic N) is 5. The number of hydrogen-bond donors (Lipinski definition) is 2. The molecule has 0 bridgehead atoms. The van der Waals surface area contributed by atoms with Crippen molar-refractivity contribution in [3.05, 3.63) is 58.8 Å². The standard InChI is InChI=1S/C26H27F2N7O3S/c1-26(9-10-26)38-25(37)35-13-15(11-31-35)24-33-19(14-39-24)23(36)32-18(12-30-16-5-3-2-4-6-16)21(29)22-17(27)7-8-20(28)34-22/h7-8,11-14,16H,2-6,9-10,29H2,1H3,(H,32,36)/b21-18+,30-12?. The van der Waals surface area contributed by atoms with E-state index in [0.29, 0.717) is 10.6 Å². The summed E-state index contributed by atoms with van der Waals surface area (Å²) < 4.78 is 34.7. The summed E-state index contributed by atoms with van der Waals surface area (Å²) in [4.78, 5) is 37.9. The number of hydrogen-bond acceptors (Lipinski definition) is 9. The number of rotatable bonds is 7. The van der Waals surface area contributed by atoms with Crippen LogP contribution < -0.4 is 11.1 Å². The van der Waals surface area contributed by atoms with Crippen molar-refractivity contribution < 1.29 is 23.1 Å². The molecule has 3 aromatic heterocycles. The van der Waals surface area contributed by atoms with Gasteiger partial charge in [0.2, 0.25) is 5.95 Å². The molecule has 3 aromatic rings. The number of amides is 1. The van der Waals surface area contributed by atoms with Crippen LogP contribution in [0.4, 0.5) is 13.6 Å². The van der Waals surface area contributed by atoms with Crippen molar-refractivity contribution in [2.24, 2.45) is 10.7 Å². The van der Waals surface area contributed by atoms with Crippen LogP contribution in [-0.2, 0) is 4.74 Å². The molecule has 0 saturated heterocycles. The van der Waals surface area contributed by atoms with E-state index in [0.717, 1.165) is 61.8 Å². The van der Waals surface area contributed by atoms with E-state index in [1.165, 1.54) is 35.3 Å². The number of pyridine rings is 1. The SMILES string of the molecule is CC1(OC(=O)n2cc(-c3nc(C(=O)N/C(C=NC4CCCCC4)=C(/N)c4nc(F)ccc4F)cs3)cn2)CC1. The van der Waals surface area contributed by atoms with Crippen LogP contribution in [0.3, 0.4) is 0 Å². The summed E-state index contributed by atoms with van der Waals surface area (Å²) in [5.74, 6) is -2.38. The molecule has 0 aromatic carbocycles. The molecule has 2 aliphatic carbocycles. The average molecular weight is 556 g/mol. The molecule has 39 heavy (non-hydrogen) atoms. The molecular weight excluding hydrogens is 528 g/mol. The van der Waals surface area contributed by atoms with Gasteiger partial charge in [-0.05, 0) is 44.7 Å². The molecule has 204 valence electrons. The number of carbonyl (C=O) groups is 2. The third-order valence-electron chi connectivity index (χ3n) is 6.64. The first kappa shape index (κ1) is 26.6. The zero-order valence-corrected chi connectivity index (χ0v) is 22.0. The number of aliphatic imine (C=N–C) groups is 1. The van der Waals surface area contributed by atoms with Gasteiger partial charge in [-0.15, -0.1) is 11.3 Å². The zero-order valence-electron chi connectivity index (χ0n) is 21.2. The average Bonchev–Trinajstić information content (AvgIpc) is 3.30. The first-order valence-corrected chi connectivity index (χ1v) is 13.5. The molecule has 3 N–H and O–H groups in total. The molecule has 10 nitrogen and oxygen atoms in total. The lowest BCUT2D eigenvalue weighted by Crippen LogP contribution is -2.27. The Hall–Kier alpha value is -4.00. The van der Waals surface area contributed by atoms with Crippen LogP contribution in [-0.4, -0.2) is 49.6 Å². The van der Waals surface area contributed by atoms with Gasteiger partial charge in [-0.25, -0.2) is 19.2 Å². The maximum Gasteiger partial charge on any atom is 0.435 e. The first-order chi connectivity index (χ1) is 18.7. The van der Waals surface area contributed by atoms with Crippen LogP contribution in [0.2, 0.25) is 0 Å². The van der Waals surface area contributed by atoms with Crippen LogP contribution >= 0.6 is 11.3 Å². The van der Waals surface area contributed by atoms with Gasteiger partial charge < -0.3 is 15.8 Å². The van der Waals surface area contributed by atoms with E-state index in [1.54, 1.807) is 0 Å². The van der Waals surface area contributed by atoms with E-state index in [1.807, 2.05) is 6.92 Å². The minimum absolute atomic E-state index is 0.0127. The van der Waals surface area contributed by atoms with Crippen molar-refractivity contribution in [1.29, 1.82) is 0 Å². The highest BCUT2D eigenvalue weighted by atomic mass is 32.1. The minimum Gasteiger partial charge on any atom is -0.442 e. The normalized spacial score (nSPS) is 17.6. The number of carbonyl (C=O) groups excluding carboxylic acids is 2. The van der Waals surface area contributed by atoms with E-state index in [4.69, 9.17) is 10.5 Å². The fourth-order valence-electron chi connectivity index (χ4n) is 4.08. The Morgan fingerprint density at radius 3 is 2.74 bits per heavy atom. The number of ether oxygens (including phenoxy) is 1. The van der Waals surface area contributed by atoms with Crippen molar-refractivity contribution >= 4 is 35.2 Å². The van der Waals surface area contributed by atoms with Crippen LogP contribution in [0.1, 0.15) is 68.1 Å². The van der Waals surface area contributed by atoms with Crippen molar-refractivity contribution in [1.82, 2.24) is 25.1 Å². The third kappa shape index (κ3) is 6.36. The smallest absolute Gasteiger partial charge is 0.435 e. The number of nitrogens with two attached hydrogens (primary N) is 1. The minimum atomic E-state index is -0.913. The molecule has 1 amide bonds. The lowest BCUT2D eigenvalue weighted by atomic mass is 9.96. The lowest BCUT2D eigenvalue weighted by molar-refractivity contribution is 0.0917. The van der Waals surface area contributed by atoms with E-state index >= 15 is 0 Å². The summed E-state index contributed by atoms with van der Waals surface area (Å²) >= 11 is 1.17. The van der Waals surface area contributed by atoms with Gasteiger partial charge in [0.05, 0.1) is 23.6 Å². The summed E-state index contributed by atoms with van der Waals surface area (Å²) in [5.41, 5.74) is 5.59. The van der Waals surface area contributed by atoms with Crippen molar-refractivity contribution in [2.45, 2.75) is 63.5 Å². The molecule has 0 spiro atoms. The van der Waals surface area contributed by atoms with Crippen molar-refractivity contribution in [2.75, 3.05) is 0 Å². The van der Waals surface area contributed by atoms with Gasteiger partial charge in [-0.2, -0.15) is 14.2 Å². The van der Waals surface area contributed by atoms with E-state index < -0.39 is 35.1 Å². The lowest BCUT2D eigenvalue weighted by Gasteiger charge is -2.18. The molecule has 2 aliphatic rings. The second-order valence-corrected chi connectivity index (χ2v) is 10.7. The van der Waals surface area contributed by atoms with Crippen LogP contribution in [0, 0.1) is 11.8 Å². The van der Waals surface area contributed by atoms with Gasteiger partial charge >= 0.3 is 6.09 Å². The number of halogens is 2. The Morgan fingerprint density at radius 1 is 1.23 bits per heavy atom. The highest BCUT2D eigenvalue weighted by molar-refractivity contribution is 7.13. The summed E-state index contributed by atoms with van der Waals surface area (Å²) in [7, 11) is 0. The molecule has 3 heterocycles. The maximum absolute atomic E-state index is 14.4. The number of nitrogens with one attached hydrogen (secondary N) is 1. The van der Waals surface area contributed by atoms with Gasteiger partial charge in [0.1, 0.15) is 22.0 Å². The van der Waals surface area contributed by atoms with Crippen molar-refractivity contribution in [3.8, 4) is 10.6 Å². The Kier molecular flexibility index (Phi) is 7.51. The van der Waals surface area contributed by atoms with Crippen molar-refractivity contribution in [3.63, 3.8) is 0 Å². The zero-order chi connectivity index (χ0) is 27.6. The maximum atomic E-state index is 14.4. The monoisotopic (exact) mass is 555 g/mol. The summed E-state index contributed by atoms with van der Waals surface area (Å²) in [6.45, 7) is 1.86. The Balaban J connectivity index is 1.36. The van der Waals surface area contributed by atoms with Crippen LogP contribution in [0.5, 0.6) is 0 Å². The van der Waals surface area contributed by atoms with E-state index in [-0.39, 0.29) is 23.1 Å². The predicted octanol–water partition coefficient (Wildman–Crippen LogP) is 4.68. The number of allylic oxidation sites excluding steroid dienone is 1. The van der Waals surface area contributed by atoms with Gasteiger partial charge in [0, 0.05) is 23.4 Å². The molecule has 2 fully saturated rings. The quantitative estimate of drug-likeness (QED) is 0.319. The van der Waals surface area contributed by atoms with Crippen LogP contribution in [0.25, 0.3) is 16.3 Å². The summed E-state index contributed by atoms with van der Waals surface area (Å²) in [5, 5.41) is 8.64. The first-order valence-electron chi connectivity index (χ1n) is 12.6. The highest BCUT2D eigenvalue weighted by Crippen LogP contribution is 2.39. The number of thiazole rings is 1. The third-order valence-corrected chi connectivity index (χ3v) is 7.53. The highest BCUT2D eigenvalue weighted by Gasteiger charge is 2.42. The molecule has 0 aliphatic heterocycles. The van der Waals surface area contributed by atoms with Gasteiger partial charge in [-0.3, -0.25) is 9.79 Å². The molecule has 0 radical (unpaired) electrons. The second kappa shape index (κ2) is 11.0. The topological polar surface area (TPSA) is 137 Å². The second-order valence-electron chi connectivity index (χ2n) is 9.85. The summed E-state index contributed by atoms with van der Waals surface area (Å²) in [6.07, 6.45) is 10.3. The molecule has 2 saturated carbocycles. The molecule has 0 atom stereocenters. The van der Waals surface area contributed by atoms with Crippen LogP contribution in [0.15, 0.2) is 40.6 Å². The Bertz CT molecular complexity index is 1460. The fourth-order valence-corrected chi connectivity index (χ4v) is 4.86. The Morgan fingerprint density at radius 2 is 2.00 bits per heavy atom. The largest absolute Gasteiger partial charge is 0.442 e. The molecule has 13 heteroatoms. The fraction of sp³-hybridized carbons (Fsp3) is 0.385. The van der Waals surface area contributed by atoms with E-state index in [2.05, 4.69) is 25.4 Å². The van der Waals surface area contributed by atoms with Gasteiger partial charge in [-0.1, -0.05) is 19.3 Å². The van der Waals surface area contributed by atoms with Gasteiger partial charge in [0.25, 0.3) is 5.91 Å². The summed E-state index contributed by atoms with van der Waals surface area (Å²) in [6, 6.07) is 1.83. The number of aromatic nitrogens is 4. The molecular formula is C26H27F2N7O3S. The predicted molar refractivity (Wildman–Crippen MR) is 141 cm³/mol. The Labute approximate surface area is 227 Å².